The molecule has 1 N–H and O–H groups in total. The van der Waals surface area contributed by atoms with Gasteiger partial charge < -0.3 is 9.84 Å². The van der Waals surface area contributed by atoms with Crippen LogP contribution in [0.2, 0.25) is 0 Å². The Morgan fingerprint density at radius 1 is 1.36 bits per heavy atom. The van der Waals surface area contributed by atoms with Crippen LogP contribution in [0.1, 0.15) is 17.2 Å². The van der Waals surface area contributed by atoms with Crippen LogP contribution in [0.4, 0.5) is 10.1 Å². The molecule has 0 aliphatic rings. The lowest BCUT2D eigenvalue weighted by Gasteiger charge is -2.14. The molecule has 0 bridgehead atoms. The van der Waals surface area contributed by atoms with Gasteiger partial charge in [-0.1, -0.05) is 18.2 Å². The molecule has 1 unspecified atom stereocenters. The quantitative estimate of drug-likeness (QED) is 0.672. The lowest BCUT2D eigenvalue weighted by Crippen LogP contribution is -2.18. The smallest absolute Gasteiger partial charge is 0.317 e. The zero-order valence-corrected chi connectivity index (χ0v) is 11.4. The number of carboxylic acid groups (broad SMARTS) is 1. The van der Waals surface area contributed by atoms with Crippen LogP contribution in [0.15, 0.2) is 36.4 Å². The number of carboxylic acids is 1. The highest BCUT2D eigenvalue weighted by molar-refractivity contribution is 5.81. The van der Waals surface area contributed by atoms with Crippen LogP contribution in [0.3, 0.4) is 0 Å². The number of aliphatic carboxylic acids is 1. The minimum atomic E-state index is -1.61. The monoisotopic (exact) mass is 306 g/mol. The number of hydrogen-bond acceptors (Lipinski definition) is 5. The maximum atomic E-state index is 13.9. The number of carbonyl (C=O) groups is 1. The fourth-order valence-corrected chi connectivity index (χ4v) is 2.04. The topological polar surface area (TPSA) is 103 Å². The van der Waals surface area contributed by atoms with Gasteiger partial charge in [0.1, 0.15) is 17.4 Å². The summed E-state index contributed by atoms with van der Waals surface area (Å²) in [6.07, 6.45) is 0. The molecule has 0 fully saturated rings. The van der Waals surface area contributed by atoms with Crippen LogP contribution in [-0.4, -0.2) is 28.1 Å². The van der Waals surface area contributed by atoms with Gasteiger partial charge in [0.25, 0.3) is 5.69 Å². The molecule has 22 heavy (non-hydrogen) atoms. The molecule has 0 amide bonds. The Morgan fingerprint density at radius 2 is 2.05 bits per heavy atom. The lowest BCUT2D eigenvalue weighted by atomic mass is 9.93. The molecule has 0 aliphatic carbocycles. The molecule has 8 heteroatoms. The van der Waals surface area contributed by atoms with E-state index < -0.39 is 28.3 Å². The highest BCUT2D eigenvalue weighted by Gasteiger charge is 2.33. The number of nitrogens with zero attached hydrogens (tertiary/aromatic N) is 2. The van der Waals surface area contributed by atoms with Gasteiger partial charge in [-0.25, -0.2) is 9.37 Å². The number of ether oxygens (including phenoxy) is 1. The van der Waals surface area contributed by atoms with Crippen LogP contribution in [0.5, 0.6) is 5.88 Å². The van der Waals surface area contributed by atoms with Crippen LogP contribution in [0, 0.1) is 15.9 Å². The second-order valence-corrected chi connectivity index (χ2v) is 4.31. The summed E-state index contributed by atoms with van der Waals surface area (Å²) in [6, 6.07) is 7.49. The van der Waals surface area contributed by atoms with E-state index in [-0.39, 0.29) is 17.1 Å². The number of methoxy groups -OCH3 is 1. The first-order valence-corrected chi connectivity index (χ1v) is 6.12. The molecule has 0 saturated heterocycles. The first kappa shape index (κ1) is 15.4. The Kier molecular flexibility index (Phi) is 4.31. The third-order valence-electron chi connectivity index (χ3n) is 3.02. The van der Waals surface area contributed by atoms with Gasteiger partial charge in [0.15, 0.2) is 0 Å². The van der Waals surface area contributed by atoms with Crippen molar-refractivity contribution in [1.82, 2.24) is 4.98 Å². The molecule has 1 atom stereocenters. The summed E-state index contributed by atoms with van der Waals surface area (Å²) in [5.74, 6) is -3.84. The third-order valence-corrected chi connectivity index (χ3v) is 3.02. The van der Waals surface area contributed by atoms with E-state index in [2.05, 4.69) is 4.98 Å². The predicted octanol–water partition coefficient (Wildman–Crippen LogP) is 2.35. The van der Waals surface area contributed by atoms with E-state index in [1.807, 2.05) is 0 Å². The fraction of sp³-hybridized carbons (Fsp3) is 0.143. The van der Waals surface area contributed by atoms with Crippen LogP contribution in [0.25, 0.3) is 0 Å². The Morgan fingerprint density at radius 3 is 2.59 bits per heavy atom. The number of rotatable bonds is 5. The van der Waals surface area contributed by atoms with E-state index in [0.29, 0.717) is 0 Å². The van der Waals surface area contributed by atoms with E-state index in [1.54, 1.807) is 0 Å². The van der Waals surface area contributed by atoms with E-state index in [0.717, 1.165) is 12.1 Å². The van der Waals surface area contributed by atoms with Crippen LogP contribution in [-0.2, 0) is 4.79 Å². The molecule has 1 aromatic carbocycles. The van der Waals surface area contributed by atoms with Crippen LogP contribution >= 0.6 is 0 Å². The molecule has 114 valence electrons. The number of aromatic nitrogens is 1. The number of halogens is 1. The molecular formula is C14H11FN2O5. The van der Waals surface area contributed by atoms with E-state index in [9.17, 15) is 24.4 Å². The molecule has 2 aromatic rings. The summed E-state index contributed by atoms with van der Waals surface area (Å²) in [4.78, 5) is 25.7. The van der Waals surface area contributed by atoms with Crippen molar-refractivity contribution in [3.8, 4) is 5.88 Å². The van der Waals surface area contributed by atoms with Crippen molar-refractivity contribution in [3.63, 3.8) is 0 Å². The van der Waals surface area contributed by atoms with Crippen molar-refractivity contribution in [1.29, 1.82) is 0 Å². The Hall–Kier alpha value is -3.03. The van der Waals surface area contributed by atoms with E-state index in [1.165, 1.54) is 31.4 Å². The SMILES string of the molecule is COc1ccc([N+](=O)[O-])c(C(C(=O)O)c2ccccc2F)n1. The van der Waals surface area contributed by atoms with E-state index >= 15 is 0 Å². The van der Waals surface area contributed by atoms with Crippen molar-refractivity contribution >= 4 is 11.7 Å². The fourth-order valence-electron chi connectivity index (χ4n) is 2.04. The van der Waals surface area contributed by atoms with Gasteiger partial charge in [-0.15, -0.1) is 0 Å². The van der Waals surface area contributed by atoms with Crippen molar-refractivity contribution in [2.45, 2.75) is 5.92 Å². The van der Waals surface area contributed by atoms with Crippen molar-refractivity contribution in [3.05, 3.63) is 63.6 Å². The number of hydrogen-bond donors (Lipinski definition) is 1. The summed E-state index contributed by atoms with van der Waals surface area (Å²) in [6.45, 7) is 0. The van der Waals surface area contributed by atoms with Gasteiger partial charge in [0, 0.05) is 17.7 Å². The molecule has 7 nitrogen and oxygen atoms in total. The van der Waals surface area contributed by atoms with Gasteiger partial charge in [-0.3, -0.25) is 14.9 Å². The summed E-state index contributed by atoms with van der Waals surface area (Å²) in [5, 5.41) is 20.5. The van der Waals surface area contributed by atoms with Crippen molar-refractivity contribution < 1.29 is 24.0 Å². The zero-order chi connectivity index (χ0) is 16.3. The second-order valence-electron chi connectivity index (χ2n) is 4.31. The predicted molar refractivity (Wildman–Crippen MR) is 73.3 cm³/mol. The average molecular weight is 306 g/mol. The molecule has 0 aliphatic heterocycles. The molecule has 0 spiro atoms. The molecule has 2 rings (SSSR count). The van der Waals surface area contributed by atoms with Crippen molar-refractivity contribution in [2.75, 3.05) is 7.11 Å². The van der Waals surface area contributed by atoms with Crippen LogP contribution < -0.4 is 4.74 Å². The lowest BCUT2D eigenvalue weighted by molar-refractivity contribution is -0.386. The van der Waals surface area contributed by atoms with Crippen molar-refractivity contribution in [2.24, 2.45) is 0 Å². The highest BCUT2D eigenvalue weighted by Crippen LogP contribution is 2.33. The van der Waals surface area contributed by atoms with Gasteiger partial charge in [0.05, 0.1) is 12.0 Å². The largest absolute Gasteiger partial charge is 0.481 e. The Bertz CT molecular complexity index is 735. The maximum absolute atomic E-state index is 13.9. The first-order valence-electron chi connectivity index (χ1n) is 6.12. The van der Waals surface area contributed by atoms with Gasteiger partial charge in [-0.05, 0) is 6.07 Å². The number of nitro groups is 1. The molecule has 1 heterocycles. The summed E-state index contributed by atoms with van der Waals surface area (Å²) < 4.78 is 18.8. The second kappa shape index (κ2) is 6.17. The Balaban J connectivity index is 2.70. The highest BCUT2D eigenvalue weighted by atomic mass is 19.1. The van der Waals surface area contributed by atoms with Gasteiger partial charge >= 0.3 is 5.97 Å². The molecule has 0 saturated carbocycles. The number of benzene rings is 1. The summed E-state index contributed by atoms with van der Waals surface area (Å²) >= 11 is 0. The summed E-state index contributed by atoms with van der Waals surface area (Å²) in [7, 11) is 1.29. The standard InChI is InChI=1S/C14H11FN2O5/c1-22-11-7-6-10(17(20)21)13(16-11)12(14(18)19)8-4-2-3-5-9(8)15/h2-7,12H,1H3,(H,18,19). The minimum absolute atomic E-state index is 0.00295. The van der Waals surface area contributed by atoms with Gasteiger partial charge in [0.2, 0.25) is 5.88 Å². The molecule has 1 aromatic heterocycles. The average Bonchev–Trinajstić information content (AvgIpc) is 2.48. The zero-order valence-electron chi connectivity index (χ0n) is 11.4. The summed E-state index contributed by atoms with van der Waals surface area (Å²) in [5.41, 5.74) is -1.11. The first-order chi connectivity index (χ1) is 10.5. The van der Waals surface area contributed by atoms with E-state index in [4.69, 9.17) is 4.74 Å². The third kappa shape index (κ3) is 2.85. The molecular weight excluding hydrogens is 295 g/mol. The maximum Gasteiger partial charge on any atom is 0.317 e. The normalized spacial score (nSPS) is 11.7. The minimum Gasteiger partial charge on any atom is -0.481 e. The van der Waals surface area contributed by atoms with Gasteiger partial charge in [-0.2, -0.15) is 0 Å². The Labute approximate surface area is 124 Å². The number of pyridine rings is 1. The molecule has 0 radical (unpaired) electrons.